The molecule has 3 aromatic rings. The zero-order chi connectivity index (χ0) is 27.0. The first-order chi connectivity index (χ1) is 17.4. The van der Waals surface area contributed by atoms with Crippen molar-refractivity contribution >= 4 is 44.8 Å². The van der Waals surface area contributed by atoms with Gasteiger partial charge in [-0.15, -0.1) is 15.2 Å². The van der Waals surface area contributed by atoms with Gasteiger partial charge in [0.05, 0.1) is 15.6 Å². The predicted molar refractivity (Wildman–Crippen MR) is 137 cm³/mol. The van der Waals surface area contributed by atoms with E-state index in [1.165, 1.54) is 24.3 Å². The number of quaternary nitrogens is 1. The second-order valence-electron chi connectivity index (χ2n) is 8.77. The molecule has 2 amide bonds. The van der Waals surface area contributed by atoms with Crippen molar-refractivity contribution in [2.24, 2.45) is 0 Å². The summed E-state index contributed by atoms with van der Waals surface area (Å²) in [6, 6.07) is 9.76. The van der Waals surface area contributed by atoms with E-state index in [4.69, 9.17) is 11.6 Å². The van der Waals surface area contributed by atoms with Crippen LogP contribution in [0.25, 0.3) is 11.3 Å². The number of nitrogens with zero attached hydrogens (tertiary/aromatic N) is 2. The number of alkyl halides is 3. The Hall–Kier alpha value is -2.67. The molecule has 0 saturated carbocycles. The van der Waals surface area contributed by atoms with Gasteiger partial charge in [-0.3, -0.25) is 0 Å². The molecule has 3 heterocycles. The lowest BCUT2D eigenvalue weighted by atomic mass is 10.1. The standard InChI is InChI=1S/C24H24ClF3N4O3S2/c1-15-4-3-11-32(15,37(34,35)22-10-9-20(25)36-22)23(33)30-14-16-12-19(31-21(13-16)29-2)17-5-7-18(8-6-17)24(26,27)28/h5-10,12-13,15H,3-4,11,14H2,1-2H3,(H-,29,30,31,33)/p+1/t15-,32?/m1/s1. The van der Waals surface area contributed by atoms with Gasteiger partial charge in [0.15, 0.2) is 4.21 Å². The number of pyridine rings is 1. The van der Waals surface area contributed by atoms with Crippen molar-refractivity contribution < 1.29 is 30.3 Å². The van der Waals surface area contributed by atoms with Crippen LogP contribution in [-0.2, 0) is 22.7 Å². The van der Waals surface area contributed by atoms with Crippen molar-refractivity contribution in [3.05, 3.63) is 64.0 Å². The number of anilines is 1. The van der Waals surface area contributed by atoms with Gasteiger partial charge in [0.2, 0.25) is 0 Å². The number of aromatic nitrogens is 1. The third-order valence-corrected chi connectivity index (χ3v) is 10.6. The first-order valence-electron chi connectivity index (χ1n) is 11.4. The van der Waals surface area contributed by atoms with Gasteiger partial charge in [-0.1, -0.05) is 23.7 Å². The monoisotopic (exact) mass is 573 g/mol. The quantitative estimate of drug-likeness (QED) is 0.347. The van der Waals surface area contributed by atoms with Crippen molar-refractivity contribution in [1.29, 1.82) is 0 Å². The molecule has 2 atom stereocenters. The molecule has 0 radical (unpaired) electrons. The molecule has 0 spiro atoms. The number of hydrogen-bond acceptors (Lipinski definition) is 6. The third-order valence-electron chi connectivity index (χ3n) is 6.49. The Balaban J connectivity index is 1.61. The second kappa shape index (κ2) is 10.2. The number of urea groups is 1. The summed E-state index contributed by atoms with van der Waals surface area (Å²) in [6.07, 6.45) is -3.30. The summed E-state index contributed by atoms with van der Waals surface area (Å²) < 4.78 is 65.7. The minimum absolute atomic E-state index is 0.00287. The number of benzene rings is 1. The molecule has 0 aliphatic carbocycles. The number of carbonyl (C=O) groups excluding carboxylic acids is 1. The maximum atomic E-state index is 13.6. The van der Waals surface area contributed by atoms with E-state index in [0.717, 1.165) is 23.5 Å². The summed E-state index contributed by atoms with van der Waals surface area (Å²) in [7, 11) is -2.42. The van der Waals surface area contributed by atoms with Crippen LogP contribution in [0.5, 0.6) is 0 Å². The van der Waals surface area contributed by atoms with Crippen LogP contribution < -0.4 is 10.6 Å². The number of rotatable bonds is 6. The predicted octanol–water partition coefficient (Wildman–Crippen LogP) is 6.12. The van der Waals surface area contributed by atoms with E-state index >= 15 is 0 Å². The highest BCUT2D eigenvalue weighted by atomic mass is 35.5. The molecular weight excluding hydrogens is 549 g/mol. The van der Waals surface area contributed by atoms with E-state index in [-0.39, 0.29) is 17.3 Å². The molecule has 1 aromatic carbocycles. The molecule has 2 aromatic heterocycles. The minimum Gasteiger partial charge on any atom is -0.373 e. The fourth-order valence-electron chi connectivity index (χ4n) is 4.52. The van der Waals surface area contributed by atoms with E-state index < -0.39 is 37.7 Å². The number of halogens is 4. The van der Waals surface area contributed by atoms with Crippen LogP contribution in [0, 0.1) is 0 Å². The SMILES string of the molecule is CNc1cc(CNC(=O)[N+]2(S(=O)(=O)c3ccc(Cl)s3)CCC[C@H]2C)cc(-c2ccc(C(F)(F)F)cc2)n1. The van der Waals surface area contributed by atoms with Crippen LogP contribution in [0.15, 0.2) is 52.7 Å². The first-order valence-corrected chi connectivity index (χ1v) is 14.0. The van der Waals surface area contributed by atoms with E-state index in [2.05, 4.69) is 15.6 Å². The molecule has 198 valence electrons. The molecule has 4 rings (SSSR count). The van der Waals surface area contributed by atoms with Gasteiger partial charge < -0.3 is 10.6 Å². The molecule has 0 bridgehead atoms. The van der Waals surface area contributed by atoms with Gasteiger partial charge in [0, 0.05) is 32.0 Å². The average molecular weight is 574 g/mol. The minimum atomic E-state index is -4.45. The Morgan fingerprint density at radius 1 is 1.19 bits per heavy atom. The number of hydrogen-bond donors (Lipinski definition) is 2. The van der Waals surface area contributed by atoms with Gasteiger partial charge in [0.25, 0.3) is 0 Å². The third kappa shape index (κ3) is 5.20. The van der Waals surface area contributed by atoms with Crippen molar-refractivity contribution in [3.63, 3.8) is 0 Å². The number of amides is 2. The zero-order valence-electron chi connectivity index (χ0n) is 20.0. The zero-order valence-corrected chi connectivity index (χ0v) is 22.4. The Bertz CT molecular complexity index is 1410. The molecule has 1 unspecified atom stereocenters. The van der Waals surface area contributed by atoms with E-state index in [1.807, 2.05) is 0 Å². The molecule has 2 N–H and O–H groups in total. The maximum Gasteiger partial charge on any atom is 0.432 e. The molecule has 7 nitrogen and oxygen atoms in total. The van der Waals surface area contributed by atoms with Gasteiger partial charge in [0.1, 0.15) is 18.4 Å². The molecule has 1 aliphatic heterocycles. The highest BCUT2D eigenvalue weighted by molar-refractivity contribution is 7.88. The Morgan fingerprint density at radius 2 is 1.89 bits per heavy atom. The Morgan fingerprint density at radius 3 is 2.43 bits per heavy atom. The second-order valence-corrected chi connectivity index (χ2v) is 12.8. The summed E-state index contributed by atoms with van der Waals surface area (Å²) in [5.74, 6) is 0.445. The number of thiophene rings is 1. The van der Waals surface area contributed by atoms with E-state index in [1.54, 1.807) is 26.1 Å². The lowest BCUT2D eigenvalue weighted by Gasteiger charge is -2.33. The van der Waals surface area contributed by atoms with Gasteiger partial charge in [-0.05, 0) is 48.9 Å². The van der Waals surface area contributed by atoms with E-state index in [0.29, 0.717) is 39.8 Å². The molecular formula is C24H25ClF3N4O3S2+. The number of carbonyl (C=O) groups is 1. The smallest absolute Gasteiger partial charge is 0.373 e. The number of likely N-dealkylation sites (tertiary alicyclic amines) is 1. The lowest BCUT2D eigenvalue weighted by molar-refractivity contribution is -0.733. The highest BCUT2D eigenvalue weighted by Crippen LogP contribution is 2.39. The summed E-state index contributed by atoms with van der Waals surface area (Å²) in [4.78, 5) is 17.9. The molecule has 13 heteroatoms. The number of sulfonamides is 1. The Kier molecular flexibility index (Phi) is 7.57. The Labute approximate surface area is 221 Å². The lowest BCUT2D eigenvalue weighted by Crippen LogP contribution is -2.62. The van der Waals surface area contributed by atoms with Crippen LogP contribution in [0.4, 0.5) is 23.8 Å². The first kappa shape index (κ1) is 27.4. The number of nitrogens with one attached hydrogen (secondary N) is 2. The van der Waals surface area contributed by atoms with Crippen LogP contribution in [0.3, 0.4) is 0 Å². The van der Waals surface area contributed by atoms with Gasteiger partial charge in [-0.25, -0.2) is 9.78 Å². The summed E-state index contributed by atoms with van der Waals surface area (Å²) in [5.41, 5.74) is 0.704. The largest absolute Gasteiger partial charge is 0.432 e. The normalized spacial score (nSPS) is 20.1. The highest BCUT2D eigenvalue weighted by Gasteiger charge is 2.57. The fraction of sp³-hybridized carbons (Fsp3) is 0.333. The van der Waals surface area contributed by atoms with Crippen molar-refractivity contribution in [2.45, 2.75) is 42.7 Å². The van der Waals surface area contributed by atoms with Crippen LogP contribution in [0.1, 0.15) is 30.9 Å². The summed E-state index contributed by atoms with van der Waals surface area (Å²) in [5, 5.41) is 5.68. The molecule has 1 fully saturated rings. The fourth-order valence-corrected chi connectivity index (χ4v) is 8.32. The maximum absolute atomic E-state index is 13.6. The molecule has 1 saturated heterocycles. The molecule has 1 aliphatic rings. The van der Waals surface area contributed by atoms with Crippen LogP contribution in [-0.4, -0.2) is 43.0 Å². The van der Waals surface area contributed by atoms with Crippen LogP contribution >= 0.6 is 22.9 Å². The topological polar surface area (TPSA) is 88.2 Å². The summed E-state index contributed by atoms with van der Waals surface area (Å²) in [6.45, 7) is 1.88. The van der Waals surface area contributed by atoms with Crippen molar-refractivity contribution in [2.75, 3.05) is 18.9 Å². The van der Waals surface area contributed by atoms with E-state index in [9.17, 15) is 26.4 Å². The average Bonchev–Trinajstić information content (AvgIpc) is 3.48. The van der Waals surface area contributed by atoms with Crippen molar-refractivity contribution in [3.8, 4) is 11.3 Å². The van der Waals surface area contributed by atoms with Crippen LogP contribution in [0.2, 0.25) is 4.34 Å². The van der Waals surface area contributed by atoms with Gasteiger partial charge in [-0.2, -0.15) is 21.6 Å². The van der Waals surface area contributed by atoms with Gasteiger partial charge >= 0.3 is 22.2 Å². The molecule has 37 heavy (non-hydrogen) atoms. The van der Waals surface area contributed by atoms with Crippen molar-refractivity contribution in [1.82, 2.24) is 10.3 Å². The summed E-state index contributed by atoms with van der Waals surface area (Å²) >= 11 is 6.90.